The van der Waals surface area contributed by atoms with Gasteiger partial charge in [-0.3, -0.25) is 9.59 Å². The minimum Gasteiger partial charge on any atom is -0.300 e. The van der Waals surface area contributed by atoms with E-state index in [1.165, 1.54) is 44.9 Å². The van der Waals surface area contributed by atoms with Gasteiger partial charge in [0.2, 0.25) is 0 Å². The lowest BCUT2D eigenvalue weighted by molar-refractivity contribution is -0.159. The fourth-order valence-corrected chi connectivity index (χ4v) is 9.50. The van der Waals surface area contributed by atoms with E-state index in [1.807, 2.05) is 0 Å². The highest BCUT2D eigenvalue weighted by Gasteiger charge is 2.62. The smallest absolute Gasteiger partial charge is 0.137 e. The fraction of sp³-hybridized carbons (Fsp3) is 0.931. The van der Waals surface area contributed by atoms with Gasteiger partial charge in [0.1, 0.15) is 11.6 Å². The van der Waals surface area contributed by atoms with Gasteiger partial charge >= 0.3 is 0 Å². The van der Waals surface area contributed by atoms with Crippen LogP contribution in [-0.4, -0.2) is 11.6 Å². The molecule has 0 N–H and O–H groups in total. The molecule has 0 amide bonds. The molecule has 0 radical (unpaired) electrons. The summed E-state index contributed by atoms with van der Waals surface area (Å²) in [5.74, 6) is 6.05. The summed E-state index contributed by atoms with van der Waals surface area (Å²) in [4.78, 5) is 25.4. The van der Waals surface area contributed by atoms with Gasteiger partial charge < -0.3 is 0 Å². The number of ketones is 2. The largest absolute Gasteiger partial charge is 0.300 e. The molecule has 4 rings (SSSR count). The monoisotopic (exact) mass is 428 g/mol. The van der Waals surface area contributed by atoms with E-state index in [1.54, 1.807) is 0 Å². The molecule has 0 saturated heterocycles. The molecule has 4 fully saturated rings. The summed E-state index contributed by atoms with van der Waals surface area (Å²) >= 11 is 0. The molecule has 0 aromatic rings. The third-order valence-electron chi connectivity index (χ3n) is 11.5. The summed E-state index contributed by atoms with van der Waals surface area (Å²) in [6.45, 7) is 14.7. The van der Waals surface area contributed by atoms with Gasteiger partial charge in [-0.25, -0.2) is 0 Å². The number of hydrogen-bond acceptors (Lipinski definition) is 2. The average molecular weight is 429 g/mol. The Morgan fingerprint density at radius 1 is 0.903 bits per heavy atom. The van der Waals surface area contributed by atoms with Gasteiger partial charge in [0.15, 0.2) is 0 Å². The van der Waals surface area contributed by atoms with Gasteiger partial charge in [0, 0.05) is 25.2 Å². The Bertz CT molecular complexity index is 695. The summed E-state index contributed by atoms with van der Waals surface area (Å²) in [6, 6.07) is 0. The molecule has 0 bridgehead atoms. The molecular formula is C29H48O2. The van der Waals surface area contributed by atoms with Crippen molar-refractivity contribution in [2.24, 2.45) is 58.2 Å². The van der Waals surface area contributed by atoms with Gasteiger partial charge in [0.25, 0.3) is 0 Å². The van der Waals surface area contributed by atoms with E-state index < -0.39 is 0 Å². The molecular weight excluding hydrogens is 380 g/mol. The van der Waals surface area contributed by atoms with E-state index in [4.69, 9.17) is 0 Å². The lowest BCUT2D eigenvalue weighted by atomic mass is 9.44. The predicted molar refractivity (Wildman–Crippen MR) is 128 cm³/mol. The Morgan fingerprint density at radius 2 is 1.61 bits per heavy atom. The molecule has 9 atom stereocenters. The van der Waals surface area contributed by atoms with Crippen LogP contribution in [0.4, 0.5) is 0 Å². The number of Topliss-reactive ketones (excluding diaryl/α,β-unsaturated/α-hetero) is 2. The van der Waals surface area contributed by atoms with E-state index in [0.717, 1.165) is 42.4 Å². The molecule has 31 heavy (non-hydrogen) atoms. The highest BCUT2D eigenvalue weighted by atomic mass is 16.1. The van der Waals surface area contributed by atoms with Crippen molar-refractivity contribution in [1.29, 1.82) is 0 Å². The molecule has 4 saturated carbocycles. The standard InChI is InChI=1S/C29H48O2/c1-7-20(18(2)3)9-8-19(4)23-10-11-24-22-17-27(31)26-16-21(30)12-14-29(26,6)25(22)13-15-28(23,24)5/h18-20,22-26H,7-17H2,1-6H3/t19?,20?,22?,23-,24?,25?,26?,28-,29-/m1/s1. The molecule has 2 nitrogen and oxygen atoms in total. The Kier molecular flexibility index (Phi) is 6.52. The fourth-order valence-electron chi connectivity index (χ4n) is 9.50. The first kappa shape index (κ1) is 23.5. The van der Waals surface area contributed by atoms with Crippen molar-refractivity contribution in [3.05, 3.63) is 0 Å². The van der Waals surface area contributed by atoms with Crippen LogP contribution in [0, 0.1) is 58.2 Å². The Hall–Kier alpha value is -0.660. The van der Waals surface area contributed by atoms with Crippen LogP contribution in [0.15, 0.2) is 0 Å². The maximum atomic E-state index is 13.3. The van der Waals surface area contributed by atoms with Gasteiger partial charge in [-0.2, -0.15) is 0 Å². The highest BCUT2D eigenvalue weighted by Crippen LogP contribution is 2.67. The van der Waals surface area contributed by atoms with Crippen molar-refractivity contribution in [3.63, 3.8) is 0 Å². The molecule has 4 aliphatic rings. The molecule has 2 heteroatoms. The molecule has 0 heterocycles. The third-order valence-corrected chi connectivity index (χ3v) is 11.5. The van der Waals surface area contributed by atoms with Crippen LogP contribution in [0.25, 0.3) is 0 Å². The first-order valence-corrected chi connectivity index (χ1v) is 13.7. The van der Waals surface area contributed by atoms with Crippen molar-refractivity contribution < 1.29 is 9.59 Å². The molecule has 0 aliphatic heterocycles. The van der Waals surface area contributed by atoms with E-state index in [0.29, 0.717) is 41.7 Å². The van der Waals surface area contributed by atoms with Crippen molar-refractivity contribution in [2.75, 3.05) is 0 Å². The summed E-state index contributed by atoms with van der Waals surface area (Å²) in [5.41, 5.74) is 0.513. The van der Waals surface area contributed by atoms with E-state index in [-0.39, 0.29) is 11.3 Å². The maximum absolute atomic E-state index is 13.3. The van der Waals surface area contributed by atoms with Crippen LogP contribution < -0.4 is 0 Å². The molecule has 0 spiro atoms. The van der Waals surface area contributed by atoms with Crippen LogP contribution in [0.5, 0.6) is 0 Å². The second-order valence-electron chi connectivity index (χ2n) is 13.0. The molecule has 0 aromatic carbocycles. The van der Waals surface area contributed by atoms with E-state index >= 15 is 0 Å². The van der Waals surface area contributed by atoms with Crippen molar-refractivity contribution in [2.45, 2.75) is 112 Å². The van der Waals surface area contributed by atoms with Crippen LogP contribution in [0.3, 0.4) is 0 Å². The van der Waals surface area contributed by atoms with Gasteiger partial charge in [-0.05, 0) is 90.8 Å². The molecule has 4 aliphatic carbocycles. The van der Waals surface area contributed by atoms with E-state index in [9.17, 15) is 9.59 Å². The highest BCUT2D eigenvalue weighted by molar-refractivity contribution is 5.90. The van der Waals surface area contributed by atoms with E-state index in [2.05, 4.69) is 41.5 Å². The number of carbonyl (C=O) groups is 2. The molecule has 6 unspecified atom stereocenters. The van der Waals surface area contributed by atoms with Gasteiger partial charge in [0.05, 0.1) is 0 Å². The Balaban J connectivity index is 1.49. The van der Waals surface area contributed by atoms with Crippen LogP contribution in [-0.2, 0) is 9.59 Å². The SMILES string of the molecule is CCC(CCC(C)[C@H]1CCC2C3CC(=O)C4CC(=O)CC[C@]4(C)C3CC[C@@]21C)C(C)C. The molecule has 176 valence electrons. The second-order valence-corrected chi connectivity index (χ2v) is 13.0. The van der Waals surface area contributed by atoms with Crippen molar-refractivity contribution in [1.82, 2.24) is 0 Å². The van der Waals surface area contributed by atoms with Gasteiger partial charge in [-0.15, -0.1) is 0 Å². The number of rotatable bonds is 6. The zero-order valence-corrected chi connectivity index (χ0v) is 21.2. The number of carbonyl (C=O) groups excluding carboxylic acids is 2. The predicted octanol–water partition coefficient (Wildman–Crippen LogP) is 7.49. The quantitative estimate of drug-likeness (QED) is 0.439. The zero-order chi connectivity index (χ0) is 22.6. The average Bonchev–Trinajstić information content (AvgIpc) is 3.07. The molecule has 0 aromatic heterocycles. The summed E-state index contributed by atoms with van der Waals surface area (Å²) < 4.78 is 0. The Labute approximate surface area is 191 Å². The second kappa shape index (κ2) is 8.60. The minimum absolute atomic E-state index is 0.0255. The topological polar surface area (TPSA) is 34.1 Å². The first-order chi connectivity index (χ1) is 14.6. The van der Waals surface area contributed by atoms with Crippen molar-refractivity contribution in [3.8, 4) is 0 Å². The minimum atomic E-state index is 0.0255. The Morgan fingerprint density at radius 3 is 2.29 bits per heavy atom. The van der Waals surface area contributed by atoms with Crippen LogP contribution in [0.2, 0.25) is 0 Å². The summed E-state index contributed by atoms with van der Waals surface area (Å²) in [6.07, 6.45) is 12.4. The van der Waals surface area contributed by atoms with Gasteiger partial charge in [-0.1, -0.05) is 54.4 Å². The van der Waals surface area contributed by atoms with Crippen LogP contribution in [0.1, 0.15) is 112 Å². The maximum Gasteiger partial charge on any atom is 0.137 e. The summed E-state index contributed by atoms with van der Waals surface area (Å²) in [5, 5.41) is 0. The number of hydrogen-bond donors (Lipinski definition) is 0. The van der Waals surface area contributed by atoms with Crippen LogP contribution >= 0.6 is 0 Å². The number of fused-ring (bicyclic) bond motifs is 5. The van der Waals surface area contributed by atoms with Crippen molar-refractivity contribution >= 4 is 11.6 Å². The first-order valence-electron chi connectivity index (χ1n) is 13.7. The lowest BCUT2D eigenvalue weighted by Crippen LogP contribution is -2.56. The summed E-state index contributed by atoms with van der Waals surface area (Å²) in [7, 11) is 0. The lowest BCUT2D eigenvalue weighted by Gasteiger charge is -2.59. The third kappa shape index (κ3) is 3.86. The zero-order valence-electron chi connectivity index (χ0n) is 21.2. The normalized spacial score (nSPS) is 44.5.